The molecule has 0 radical (unpaired) electrons. The van der Waals surface area contributed by atoms with Crippen molar-refractivity contribution in [3.05, 3.63) is 59.2 Å². The summed E-state index contributed by atoms with van der Waals surface area (Å²) in [6.45, 7) is 9.83. The Morgan fingerprint density at radius 1 is 0.947 bits per heavy atom. The predicted molar refractivity (Wildman–Crippen MR) is 142 cm³/mol. The van der Waals surface area contributed by atoms with Crippen LogP contribution in [0.5, 0.6) is 0 Å². The SMILES string of the molecule is Cc1ncnc(C)c1C(=O)N1CC2CN(CCC3(c4ccccc4)CN(C(=O)C4CCC(=O)C4)C3)CC2C1. The molecule has 0 spiro atoms. The van der Waals surface area contributed by atoms with E-state index in [-0.39, 0.29) is 28.9 Å². The highest BCUT2D eigenvalue weighted by Crippen LogP contribution is 2.41. The molecule has 3 unspecified atom stereocenters. The van der Waals surface area contributed by atoms with E-state index < -0.39 is 0 Å². The van der Waals surface area contributed by atoms with E-state index in [1.54, 1.807) is 0 Å². The van der Waals surface area contributed by atoms with Gasteiger partial charge >= 0.3 is 0 Å². The summed E-state index contributed by atoms with van der Waals surface area (Å²) in [4.78, 5) is 53.0. The molecule has 3 aliphatic heterocycles. The number of aryl methyl sites for hydroxylation is 2. The summed E-state index contributed by atoms with van der Waals surface area (Å²) in [5.74, 6) is 1.33. The molecule has 4 heterocycles. The molecule has 0 bridgehead atoms. The highest BCUT2D eigenvalue weighted by Gasteiger charge is 2.49. The highest BCUT2D eigenvalue weighted by atomic mass is 16.2. The minimum absolute atomic E-state index is 0.0262. The summed E-state index contributed by atoms with van der Waals surface area (Å²) in [7, 11) is 0. The fraction of sp³-hybridized carbons (Fsp3) is 0.567. The summed E-state index contributed by atoms with van der Waals surface area (Å²) < 4.78 is 0. The number of amides is 2. The maximum Gasteiger partial charge on any atom is 0.257 e. The van der Waals surface area contributed by atoms with Crippen LogP contribution in [0.4, 0.5) is 0 Å². The highest BCUT2D eigenvalue weighted by molar-refractivity contribution is 5.96. The van der Waals surface area contributed by atoms with Gasteiger partial charge in [-0.25, -0.2) is 9.97 Å². The summed E-state index contributed by atoms with van der Waals surface area (Å²) >= 11 is 0. The first kappa shape index (κ1) is 25.2. The Hall–Kier alpha value is -3.13. The van der Waals surface area contributed by atoms with E-state index in [0.29, 0.717) is 36.7 Å². The summed E-state index contributed by atoms with van der Waals surface area (Å²) in [6, 6.07) is 10.6. The largest absolute Gasteiger partial charge is 0.341 e. The third-order valence-corrected chi connectivity index (χ3v) is 9.48. The van der Waals surface area contributed by atoms with Gasteiger partial charge in [0.15, 0.2) is 0 Å². The third-order valence-electron chi connectivity index (χ3n) is 9.48. The summed E-state index contributed by atoms with van der Waals surface area (Å²) in [5, 5.41) is 0. The molecule has 38 heavy (non-hydrogen) atoms. The fourth-order valence-electron chi connectivity index (χ4n) is 7.27. The molecule has 0 N–H and O–H groups in total. The molecule has 6 rings (SSSR count). The second-order valence-corrected chi connectivity index (χ2v) is 12.0. The van der Waals surface area contributed by atoms with Crippen LogP contribution in [0.25, 0.3) is 0 Å². The van der Waals surface area contributed by atoms with E-state index in [0.717, 1.165) is 63.6 Å². The molecule has 1 saturated carbocycles. The Bertz CT molecular complexity index is 1210. The minimum Gasteiger partial charge on any atom is -0.341 e. The summed E-state index contributed by atoms with van der Waals surface area (Å²) in [6.07, 6.45) is 4.20. The molecule has 8 heteroatoms. The number of benzene rings is 1. The quantitative estimate of drug-likeness (QED) is 0.588. The molecule has 200 valence electrons. The van der Waals surface area contributed by atoms with Crippen LogP contribution in [0, 0.1) is 31.6 Å². The van der Waals surface area contributed by atoms with Crippen LogP contribution in [0.1, 0.15) is 53.0 Å². The van der Waals surface area contributed by atoms with Gasteiger partial charge in [-0.05, 0) is 50.6 Å². The lowest BCUT2D eigenvalue weighted by atomic mass is 9.70. The van der Waals surface area contributed by atoms with Crippen molar-refractivity contribution >= 4 is 17.6 Å². The summed E-state index contributed by atoms with van der Waals surface area (Å²) in [5.41, 5.74) is 3.43. The van der Waals surface area contributed by atoms with Crippen LogP contribution in [0.15, 0.2) is 36.7 Å². The number of hydrogen-bond donors (Lipinski definition) is 0. The fourth-order valence-corrected chi connectivity index (χ4v) is 7.27. The Labute approximate surface area is 224 Å². The van der Waals surface area contributed by atoms with Crippen molar-refractivity contribution in [2.45, 2.75) is 44.9 Å². The molecule has 3 saturated heterocycles. The Morgan fingerprint density at radius 2 is 1.61 bits per heavy atom. The second kappa shape index (κ2) is 9.88. The zero-order chi connectivity index (χ0) is 26.4. The van der Waals surface area contributed by atoms with Gasteiger partial charge in [-0.1, -0.05) is 30.3 Å². The Morgan fingerprint density at radius 3 is 2.21 bits per heavy atom. The second-order valence-electron chi connectivity index (χ2n) is 12.0. The monoisotopic (exact) mass is 515 g/mol. The maximum absolute atomic E-state index is 13.2. The average Bonchev–Trinajstić information content (AvgIpc) is 3.58. The van der Waals surface area contributed by atoms with Crippen LogP contribution in [-0.4, -0.2) is 88.1 Å². The molecule has 1 aromatic carbocycles. The number of carbonyl (C=O) groups is 3. The zero-order valence-electron chi connectivity index (χ0n) is 22.4. The number of rotatable bonds is 6. The van der Waals surface area contributed by atoms with Crippen molar-refractivity contribution in [3.63, 3.8) is 0 Å². The Balaban J connectivity index is 1.06. The number of ketones is 1. The molecular weight excluding hydrogens is 478 g/mol. The molecular formula is C30H37N5O3. The van der Waals surface area contributed by atoms with Crippen LogP contribution in [0.3, 0.4) is 0 Å². The van der Waals surface area contributed by atoms with Crippen molar-refractivity contribution in [2.24, 2.45) is 17.8 Å². The molecule has 3 atom stereocenters. The van der Waals surface area contributed by atoms with Crippen LogP contribution in [0.2, 0.25) is 0 Å². The number of fused-ring (bicyclic) bond motifs is 1. The minimum atomic E-state index is -0.116. The van der Waals surface area contributed by atoms with Gasteiger partial charge in [0.1, 0.15) is 12.1 Å². The van der Waals surface area contributed by atoms with E-state index in [2.05, 4.69) is 39.1 Å². The van der Waals surface area contributed by atoms with Crippen molar-refractivity contribution in [1.82, 2.24) is 24.7 Å². The van der Waals surface area contributed by atoms with Crippen LogP contribution < -0.4 is 0 Å². The van der Waals surface area contributed by atoms with Gasteiger partial charge in [-0.3, -0.25) is 14.4 Å². The van der Waals surface area contributed by atoms with Crippen molar-refractivity contribution in [2.75, 3.05) is 45.8 Å². The van der Waals surface area contributed by atoms with E-state index in [4.69, 9.17) is 0 Å². The molecule has 4 aliphatic rings. The van der Waals surface area contributed by atoms with Gasteiger partial charge in [0.2, 0.25) is 5.91 Å². The maximum atomic E-state index is 13.2. The van der Waals surface area contributed by atoms with Gasteiger partial charge in [0, 0.05) is 63.4 Å². The number of hydrogen-bond acceptors (Lipinski definition) is 6. The number of likely N-dealkylation sites (tertiary alicyclic amines) is 3. The van der Waals surface area contributed by atoms with Crippen LogP contribution >= 0.6 is 0 Å². The normalized spacial score (nSPS) is 26.5. The first-order valence-corrected chi connectivity index (χ1v) is 14.0. The van der Waals surface area contributed by atoms with Crippen LogP contribution in [-0.2, 0) is 15.0 Å². The topological polar surface area (TPSA) is 86.7 Å². The lowest BCUT2D eigenvalue weighted by molar-refractivity contribution is -0.144. The van der Waals surface area contributed by atoms with E-state index >= 15 is 0 Å². The predicted octanol–water partition coefficient (Wildman–Crippen LogP) is 2.64. The number of Topliss-reactive ketones (excluding diaryl/α,β-unsaturated/α-hetero) is 1. The third kappa shape index (κ3) is 4.53. The molecule has 4 fully saturated rings. The van der Waals surface area contributed by atoms with Gasteiger partial charge in [-0.2, -0.15) is 0 Å². The number of nitrogens with zero attached hydrogens (tertiary/aromatic N) is 5. The van der Waals surface area contributed by atoms with Gasteiger partial charge in [-0.15, -0.1) is 0 Å². The standard InChI is InChI=1S/C30H37N5O3/c1-20-27(21(2)32-19-31-20)29(38)34-15-23-13-33(14-24(23)16-34)11-10-30(25-6-4-3-5-7-25)17-35(18-30)28(37)22-8-9-26(36)12-22/h3-7,19,22-24H,8-18H2,1-2H3. The molecule has 2 amide bonds. The lowest BCUT2D eigenvalue weighted by Crippen LogP contribution is -2.63. The van der Waals surface area contributed by atoms with E-state index in [1.165, 1.54) is 11.9 Å². The molecule has 1 aliphatic carbocycles. The van der Waals surface area contributed by atoms with Crippen molar-refractivity contribution < 1.29 is 14.4 Å². The molecule has 8 nitrogen and oxygen atoms in total. The zero-order valence-corrected chi connectivity index (χ0v) is 22.4. The van der Waals surface area contributed by atoms with E-state index in [1.807, 2.05) is 29.7 Å². The van der Waals surface area contributed by atoms with Crippen molar-refractivity contribution in [1.29, 1.82) is 0 Å². The van der Waals surface area contributed by atoms with Gasteiger partial charge in [0.05, 0.1) is 17.0 Å². The smallest absolute Gasteiger partial charge is 0.257 e. The van der Waals surface area contributed by atoms with Gasteiger partial charge < -0.3 is 14.7 Å². The van der Waals surface area contributed by atoms with Crippen molar-refractivity contribution in [3.8, 4) is 0 Å². The van der Waals surface area contributed by atoms with Gasteiger partial charge in [0.25, 0.3) is 5.91 Å². The Kier molecular flexibility index (Phi) is 6.54. The number of carbonyl (C=O) groups excluding carboxylic acids is 3. The average molecular weight is 516 g/mol. The molecule has 2 aromatic rings. The van der Waals surface area contributed by atoms with E-state index in [9.17, 15) is 14.4 Å². The lowest BCUT2D eigenvalue weighted by Gasteiger charge is -2.52. The number of aromatic nitrogens is 2. The first-order valence-electron chi connectivity index (χ1n) is 14.0. The first-order chi connectivity index (χ1) is 18.3. The molecule has 1 aromatic heterocycles.